The van der Waals surface area contributed by atoms with Crippen molar-refractivity contribution in [2.24, 2.45) is 0 Å². The number of carbonyl (C=O) groups excluding carboxylic acids is 3. The van der Waals surface area contributed by atoms with E-state index in [0.717, 1.165) is 0 Å². The van der Waals surface area contributed by atoms with Gasteiger partial charge in [-0.2, -0.15) is 0 Å². The molecule has 0 aromatic heterocycles. The number of hydrogen-bond acceptors (Lipinski definition) is 4. The molecule has 0 radical (unpaired) electrons. The Bertz CT molecular complexity index is 949. The molecular weight excluding hydrogens is 390 g/mol. The van der Waals surface area contributed by atoms with Crippen LogP contribution in [0.1, 0.15) is 52.8 Å². The Morgan fingerprint density at radius 1 is 1.03 bits per heavy atom. The lowest BCUT2D eigenvalue weighted by molar-refractivity contribution is -0.134. The predicted octanol–water partition coefficient (Wildman–Crippen LogP) is 4.33. The van der Waals surface area contributed by atoms with Crippen molar-refractivity contribution in [3.8, 4) is 5.75 Å². The highest BCUT2D eigenvalue weighted by Crippen LogP contribution is 2.40. The molecule has 1 fully saturated rings. The zero-order valence-corrected chi connectivity index (χ0v) is 16.8. The molecule has 2 aliphatic rings. The SMILES string of the molecule is O=C(CCC(=O)N1CCC2(CC1)CC(=O)c1cc(Cl)ccc1O2)c1ccccc1. The van der Waals surface area contributed by atoms with Crippen molar-refractivity contribution in [2.45, 2.75) is 37.7 Å². The highest BCUT2D eigenvalue weighted by atomic mass is 35.5. The molecule has 1 saturated heterocycles. The number of benzene rings is 2. The van der Waals surface area contributed by atoms with Gasteiger partial charge in [0.25, 0.3) is 0 Å². The number of fused-ring (bicyclic) bond motifs is 1. The molecule has 0 bridgehead atoms. The first kappa shape index (κ1) is 19.6. The summed E-state index contributed by atoms with van der Waals surface area (Å²) in [6, 6.07) is 14.1. The van der Waals surface area contributed by atoms with E-state index in [-0.39, 0.29) is 30.3 Å². The average molecular weight is 412 g/mol. The fraction of sp³-hybridized carbons (Fsp3) is 0.348. The Morgan fingerprint density at radius 3 is 2.48 bits per heavy atom. The van der Waals surface area contributed by atoms with Gasteiger partial charge in [0.2, 0.25) is 5.91 Å². The van der Waals surface area contributed by atoms with Gasteiger partial charge in [-0.3, -0.25) is 14.4 Å². The number of halogens is 1. The first-order valence-electron chi connectivity index (χ1n) is 9.84. The Balaban J connectivity index is 1.33. The summed E-state index contributed by atoms with van der Waals surface area (Å²) in [5.41, 5.74) is 0.598. The fourth-order valence-corrected chi connectivity index (χ4v) is 4.23. The van der Waals surface area contributed by atoms with E-state index in [1.165, 1.54) is 0 Å². The summed E-state index contributed by atoms with van der Waals surface area (Å²) >= 11 is 5.99. The molecule has 0 aliphatic carbocycles. The van der Waals surface area contributed by atoms with E-state index in [1.807, 2.05) is 18.2 Å². The topological polar surface area (TPSA) is 63.7 Å². The smallest absolute Gasteiger partial charge is 0.223 e. The van der Waals surface area contributed by atoms with Gasteiger partial charge in [0.1, 0.15) is 11.4 Å². The summed E-state index contributed by atoms with van der Waals surface area (Å²) in [5, 5.41) is 0.516. The lowest BCUT2D eigenvalue weighted by Gasteiger charge is -2.44. The molecule has 2 aliphatic heterocycles. The zero-order valence-electron chi connectivity index (χ0n) is 16.0. The number of likely N-dealkylation sites (tertiary alicyclic amines) is 1. The van der Waals surface area contributed by atoms with Gasteiger partial charge in [0.05, 0.1) is 12.0 Å². The standard InChI is InChI=1S/C23H22ClNO4/c24-17-6-8-21-18(14-17)20(27)15-23(29-21)10-12-25(13-11-23)22(28)9-7-19(26)16-4-2-1-3-5-16/h1-6,8,14H,7,9-13,15H2. The summed E-state index contributed by atoms with van der Waals surface area (Å²) in [4.78, 5) is 39.1. The summed E-state index contributed by atoms with van der Waals surface area (Å²) in [6.07, 6.45) is 1.89. The number of Topliss-reactive ketones (excluding diaryl/α,β-unsaturated/α-hetero) is 2. The van der Waals surface area contributed by atoms with Crippen LogP contribution >= 0.6 is 11.6 Å². The minimum Gasteiger partial charge on any atom is -0.486 e. The number of amides is 1. The molecule has 29 heavy (non-hydrogen) atoms. The van der Waals surface area contributed by atoms with E-state index < -0.39 is 5.60 Å². The maximum absolute atomic E-state index is 12.6. The summed E-state index contributed by atoms with van der Waals surface area (Å²) in [7, 11) is 0. The van der Waals surface area contributed by atoms with Crippen LogP contribution in [0.4, 0.5) is 0 Å². The van der Waals surface area contributed by atoms with Gasteiger partial charge < -0.3 is 9.64 Å². The minimum atomic E-state index is -0.561. The van der Waals surface area contributed by atoms with Crippen molar-refractivity contribution in [1.29, 1.82) is 0 Å². The van der Waals surface area contributed by atoms with Gasteiger partial charge >= 0.3 is 0 Å². The number of nitrogens with zero attached hydrogens (tertiary/aromatic N) is 1. The summed E-state index contributed by atoms with van der Waals surface area (Å²) < 4.78 is 6.20. The lowest BCUT2D eigenvalue weighted by Crippen LogP contribution is -2.52. The van der Waals surface area contributed by atoms with Crippen LogP contribution in [-0.4, -0.2) is 41.1 Å². The van der Waals surface area contributed by atoms with Crippen LogP contribution in [0.5, 0.6) is 5.75 Å². The number of piperidine rings is 1. The van der Waals surface area contributed by atoms with Crippen molar-refractivity contribution >= 4 is 29.1 Å². The van der Waals surface area contributed by atoms with E-state index in [0.29, 0.717) is 54.3 Å². The van der Waals surface area contributed by atoms with E-state index in [1.54, 1.807) is 35.2 Å². The molecule has 2 aromatic rings. The van der Waals surface area contributed by atoms with Crippen LogP contribution in [0.15, 0.2) is 48.5 Å². The van der Waals surface area contributed by atoms with Gasteiger partial charge in [0, 0.05) is 49.4 Å². The van der Waals surface area contributed by atoms with Gasteiger partial charge in [-0.05, 0) is 18.2 Å². The molecule has 2 aromatic carbocycles. The highest BCUT2D eigenvalue weighted by Gasteiger charge is 2.43. The van der Waals surface area contributed by atoms with E-state index in [9.17, 15) is 14.4 Å². The molecule has 0 N–H and O–H groups in total. The molecule has 4 rings (SSSR count). The number of hydrogen-bond donors (Lipinski definition) is 0. The van der Waals surface area contributed by atoms with Gasteiger partial charge in [-0.1, -0.05) is 41.9 Å². The third kappa shape index (κ3) is 4.20. The molecule has 5 nitrogen and oxygen atoms in total. The number of ketones is 2. The van der Waals surface area contributed by atoms with Crippen LogP contribution in [0.2, 0.25) is 5.02 Å². The number of carbonyl (C=O) groups is 3. The van der Waals surface area contributed by atoms with Crippen LogP contribution < -0.4 is 4.74 Å². The van der Waals surface area contributed by atoms with E-state index in [2.05, 4.69) is 0 Å². The highest BCUT2D eigenvalue weighted by molar-refractivity contribution is 6.31. The summed E-state index contributed by atoms with van der Waals surface area (Å²) in [6.45, 7) is 1.04. The van der Waals surface area contributed by atoms with Crippen LogP contribution in [0.3, 0.4) is 0 Å². The Labute approximate surface area is 174 Å². The second-order valence-electron chi connectivity index (χ2n) is 7.70. The lowest BCUT2D eigenvalue weighted by atomic mass is 9.82. The van der Waals surface area contributed by atoms with Gasteiger partial charge in [-0.25, -0.2) is 0 Å². The second-order valence-corrected chi connectivity index (χ2v) is 8.13. The Morgan fingerprint density at radius 2 is 1.76 bits per heavy atom. The van der Waals surface area contributed by atoms with E-state index >= 15 is 0 Å². The first-order chi connectivity index (χ1) is 14.0. The minimum absolute atomic E-state index is 0.0242. The predicted molar refractivity (Wildman–Crippen MR) is 110 cm³/mol. The van der Waals surface area contributed by atoms with Crippen LogP contribution in [-0.2, 0) is 4.79 Å². The van der Waals surface area contributed by atoms with Gasteiger partial charge in [0.15, 0.2) is 11.6 Å². The molecular formula is C23H22ClNO4. The van der Waals surface area contributed by atoms with Crippen LogP contribution in [0.25, 0.3) is 0 Å². The third-order valence-corrected chi connectivity index (χ3v) is 5.98. The molecule has 6 heteroatoms. The zero-order chi connectivity index (χ0) is 20.4. The Hall–Kier alpha value is -2.66. The molecule has 2 heterocycles. The molecule has 0 atom stereocenters. The fourth-order valence-electron chi connectivity index (χ4n) is 4.06. The van der Waals surface area contributed by atoms with Gasteiger partial charge in [-0.15, -0.1) is 0 Å². The van der Waals surface area contributed by atoms with Crippen molar-refractivity contribution in [3.05, 3.63) is 64.7 Å². The van der Waals surface area contributed by atoms with Crippen molar-refractivity contribution in [3.63, 3.8) is 0 Å². The molecule has 0 saturated carbocycles. The monoisotopic (exact) mass is 411 g/mol. The Kier molecular flexibility index (Phi) is 5.41. The second kappa shape index (κ2) is 7.99. The molecule has 1 amide bonds. The first-order valence-corrected chi connectivity index (χ1v) is 10.2. The maximum Gasteiger partial charge on any atom is 0.223 e. The number of rotatable bonds is 4. The molecule has 150 valence electrons. The largest absolute Gasteiger partial charge is 0.486 e. The van der Waals surface area contributed by atoms with Crippen molar-refractivity contribution in [2.75, 3.05) is 13.1 Å². The quantitative estimate of drug-likeness (QED) is 0.702. The van der Waals surface area contributed by atoms with Crippen molar-refractivity contribution in [1.82, 2.24) is 4.90 Å². The van der Waals surface area contributed by atoms with E-state index in [4.69, 9.17) is 16.3 Å². The van der Waals surface area contributed by atoms with Crippen molar-refractivity contribution < 1.29 is 19.1 Å². The molecule has 0 unspecified atom stereocenters. The third-order valence-electron chi connectivity index (χ3n) is 5.74. The average Bonchev–Trinajstić information content (AvgIpc) is 2.73. The maximum atomic E-state index is 12.6. The normalized spacial score (nSPS) is 17.6. The molecule has 1 spiro atoms. The van der Waals surface area contributed by atoms with Crippen LogP contribution in [0, 0.1) is 0 Å². The number of ether oxygens (including phenoxy) is 1. The summed E-state index contributed by atoms with van der Waals surface area (Å²) in [5.74, 6) is 0.545.